The molecule has 0 saturated carbocycles. The van der Waals surface area contributed by atoms with Gasteiger partial charge in [-0.05, 0) is 38.3 Å². The van der Waals surface area contributed by atoms with Gasteiger partial charge in [-0.2, -0.15) is 0 Å². The number of nitrogens with zero attached hydrogens (tertiary/aromatic N) is 2. The van der Waals surface area contributed by atoms with E-state index in [0.29, 0.717) is 6.04 Å². The first-order chi connectivity index (χ1) is 7.38. The zero-order valence-electron chi connectivity index (χ0n) is 8.86. The SMILES string of the molecule is CSc1nccc(NC2CCNCC2)n1. The van der Waals surface area contributed by atoms with Gasteiger partial charge in [0.1, 0.15) is 5.82 Å². The molecule has 82 valence electrons. The van der Waals surface area contributed by atoms with Crippen molar-refractivity contribution in [2.75, 3.05) is 24.7 Å². The molecule has 0 atom stereocenters. The first-order valence-electron chi connectivity index (χ1n) is 5.23. The van der Waals surface area contributed by atoms with Gasteiger partial charge >= 0.3 is 0 Å². The Kier molecular flexibility index (Phi) is 3.80. The predicted molar refractivity (Wildman–Crippen MR) is 63.3 cm³/mol. The summed E-state index contributed by atoms with van der Waals surface area (Å²) in [6, 6.07) is 2.48. The summed E-state index contributed by atoms with van der Waals surface area (Å²) in [5, 5.41) is 7.63. The molecule has 0 amide bonds. The Labute approximate surface area is 94.3 Å². The van der Waals surface area contributed by atoms with Gasteiger partial charge in [0, 0.05) is 12.2 Å². The van der Waals surface area contributed by atoms with Crippen molar-refractivity contribution >= 4 is 17.6 Å². The van der Waals surface area contributed by atoms with Crippen LogP contribution < -0.4 is 10.6 Å². The van der Waals surface area contributed by atoms with Crippen molar-refractivity contribution in [2.24, 2.45) is 0 Å². The van der Waals surface area contributed by atoms with Crippen LogP contribution in [-0.4, -0.2) is 35.4 Å². The fourth-order valence-corrected chi connectivity index (χ4v) is 2.05. The van der Waals surface area contributed by atoms with Crippen LogP contribution in [0.1, 0.15) is 12.8 Å². The van der Waals surface area contributed by atoms with Crippen LogP contribution in [0.2, 0.25) is 0 Å². The molecule has 0 aromatic carbocycles. The molecule has 1 aliphatic heterocycles. The molecular weight excluding hydrogens is 208 g/mol. The van der Waals surface area contributed by atoms with E-state index in [2.05, 4.69) is 20.6 Å². The number of aromatic nitrogens is 2. The number of rotatable bonds is 3. The van der Waals surface area contributed by atoms with Crippen LogP contribution in [0.5, 0.6) is 0 Å². The van der Waals surface area contributed by atoms with Crippen LogP contribution in [0, 0.1) is 0 Å². The second-order valence-corrected chi connectivity index (χ2v) is 4.37. The maximum atomic E-state index is 4.41. The lowest BCUT2D eigenvalue weighted by atomic mass is 10.1. The minimum Gasteiger partial charge on any atom is -0.367 e. The fraction of sp³-hybridized carbons (Fsp3) is 0.600. The van der Waals surface area contributed by atoms with E-state index in [4.69, 9.17) is 0 Å². The molecule has 5 heteroatoms. The quantitative estimate of drug-likeness (QED) is 0.600. The third-order valence-electron chi connectivity index (χ3n) is 2.51. The standard InChI is InChI=1S/C10H16N4S/c1-15-10-12-7-4-9(14-10)13-8-2-5-11-6-3-8/h4,7-8,11H,2-3,5-6H2,1H3,(H,12,13,14). The Morgan fingerprint density at radius 2 is 2.27 bits per heavy atom. The van der Waals surface area contributed by atoms with E-state index in [1.165, 1.54) is 12.8 Å². The zero-order valence-corrected chi connectivity index (χ0v) is 9.68. The van der Waals surface area contributed by atoms with Gasteiger partial charge in [-0.1, -0.05) is 11.8 Å². The Morgan fingerprint density at radius 3 is 3.00 bits per heavy atom. The highest BCUT2D eigenvalue weighted by Crippen LogP contribution is 2.14. The van der Waals surface area contributed by atoms with E-state index in [-0.39, 0.29) is 0 Å². The van der Waals surface area contributed by atoms with E-state index in [1.54, 1.807) is 11.8 Å². The van der Waals surface area contributed by atoms with Gasteiger partial charge in [0.05, 0.1) is 0 Å². The van der Waals surface area contributed by atoms with Crippen molar-refractivity contribution in [1.29, 1.82) is 0 Å². The lowest BCUT2D eigenvalue weighted by molar-refractivity contribution is 0.478. The van der Waals surface area contributed by atoms with Crippen molar-refractivity contribution < 1.29 is 0 Å². The number of piperidine rings is 1. The van der Waals surface area contributed by atoms with Crippen molar-refractivity contribution in [3.63, 3.8) is 0 Å². The van der Waals surface area contributed by atoms with Crippen molar-refractivity contribution in [3.05, 3.63) is 12.3 Å². The van der Waals surface area contributed by atoms with Gasteiger partial charge in [0.15, 0.2) is 5.16 Å². The number of anilines is 1. The summed E-state index contributed by atoms with van der Waals surface area (Å²) in [5.41, 5.74) is 0. The van der Waals surface area contributed by atoms with Crippen molar-refractivity contribution in [2.45, 2.75) is 24.0 Å². The summed E-state index contributed by atoms with van der Waals surface area (Å²) in [7, 11) is 0. The Bertz CT molecular complexity index is 312. The molecule has 2 N–H and O–H groups in total. The Balaban J connectivity index is 1.96. The summed E-state index contributed by atoms with van der Waals surface area (Å²) in [6.45, 7) is 2.19. The van der Waals surface area contributed by atoms with Gasteiger partial charge in [-0.3, -0.25) is 0 Å². The normalized spacial score (nSPS) is 17.7. The summed E-state index contributed by atoms with van der Waals surface area (Å²) in [4.78, 5) is 8.56. The lowest BCUT2D eigenvalue weighted by Gasteiger charge is -2.24. The smallest absolute Gasteiger partial charge is 0.189 e. The van der Waals surface area contributed by atoms with E-state index in [9.17, 15) is 0 Å². The number of thioether (sulfide) groups is 1. The molecule has 1 aromatic heterocycles. The van der Waals surface area contributed by atoms with Gasteiger partial charge < -0.3 is 10.6 Å². The third kappa shape index (κ3) is 3.07. The monoisotopic (exact) mass is 224 g/mol. The van der Waals surface area contributed by atoms with Crippen LogP contribution in [0.4, 0.5) is 5.82 Å². The van der Waals surface area contributed by atoms with Crippen molar-refractivity contribution in [1.82, 2.24) is 15.3 Å². The van der Waals surface area contributed by atoms with E-state index >= 15 is 0 Å². The first kappa shape index (κ1) is 10.7. The molecule has 1 aromatic rings. The van der Waals surface area contributed by atoms with E-state index in [1.807, 2.05) is 18.5 Å². The summed E-state index contributed by atoms with van der Waals surface area (Å²) < 4.78 is 0. The molecule has 2 heterocycles. The average molecular weight is 224 g/mol. The molecular formula is C10H16N4S. The molecule has 2 rings (SSSR count). The molecule has 1 saturated heterocycles. The number of hydrogen-bond acceptors (Lipinski definition) is 5. The summed E-state index contributed by atoms with van der Waals surface area (Å²) >= 11 is 1.57. The largest absolute Gasteiger partial charge is 0.367 e. The van der Waals surface area contributed by atoms with Crippen LogP contribution >= 0.6 is 11.8 Å². The zero-order chi connectivity index (χ0) is 10.5. The highest BCUT2D eigenvalue weighted by molar-refractivity contribution is 7.98. The fourth-order valence-electron chi connectivity index (χ4n) is 1.69. The minimum atomic E-state index is 0.552. The van der Waals surface area contributed by atoms with Gasteiger partial charge in [0.2, 0.25) is 0 Å². The van der Waals surface area contributed by atoms with E-state index in [0.717, 1.165) is 24.1 Å². The minimum absolute atomic E-state index is 0.552. The molecule has 0 aliphatic carbocycles. The average Bonchev–Trinajstić information content (AvgIpc) is 2.31. The second kappa shape index (κ2) is 5.32. The van der Waals surface area contributed by atoms with Gasteiger partial charge in [-0.25, -0.2) is 9.97 Å². The second-order valence-electron chi connectivity index (χ2n) is 3.60. The molecule has 0 radical (unpaired) electrons. The molecule has 4 nitrogen and oxygen atoms in total. The predicted octanol–water partition coefficient (Wildman–Crippen LogP) is 1.36. The maximum absolute atomic E-state index is 4.41. The van der Waals surface area contributed by atoms with Crippen molar-refractivity contribution in [3.8, 4) is 0 Å². The number of hydrogen-bond donors (Lipinski definition) is 2. The highest BCUT2D eigenvalue weighted by atomic mass is 32.2. The summed E-state index contributed by atoms with van der Waals surface area (Å²) in [6.07, 6.45) is 6.13. The molecule has 0 unspecified atom stereocenters. The first-order valence-corrected chi connectivity index (χ1v) is 6.45. The van der Waals surface area contributed by atoms with Crippen LogP contribution in [0.15, 0.2) is 17.4 Å². The third-order valence-corrected chi connectivity index (χ3v) is 3.07. The Hall–Kier alpha value is -0.810. The van der Waals surface area contributed by atoms with Crippen LogP contribution in [-0.2, 0) is 0 Å². The maximum Gasteiger partial charge on any atom is 0.189 e. The Morgan fingerprint density at radius 1 is 1.47 bits per heavy atom. The highest BCUT2D eigenvalue weighted by Gasteiger charge is 2.12. The van der Waals surface area contributed by atoms with Crippen LogP contribution in [0.25, 0.3) is 0 Å². The van der Waals surface area contributed by atoms with Gasteiger partial charge in [0.25, 0.3) is 0 Å². The topological polar surface area (TPSA) is 49.8 Å². The van der Waals surface area contributed by atoms with E-state index < -0.39 is 0 Å². The number of nitrogens with one attached hydrogen (secondary N) is 2. The summed E-state index contributed by atoms with van der Waals surface area (Å²) in [5.74, 6) is 0.946. The molecule has 0 bridgehead atoms. The van der Waals surface area contributed by atoms with Gasteiger partial charge in [-0.15, -0.1) is 0 Å². The lowest BCUT2D eigenvalue weighted by Crippen LogP contribution is -2.35. The molecule has 15 heavy (non-hydrogen) atoms. The molecule has 0 spiro atoms. The molecule has 1 aliphatic rings. The van der Waals surface area contributed by atoms with Crippen LogP contribution in [0.3, 0.4) is 0 Å². The molecule has 1 fully saturated rings.